The Morgan fingerprint density at radius 2 is 1.81 bits per heavy atom. The first kappa shape index (κ1) is 19.9. The topological polar surface area (TPSA) is 86.4 Å². The summed E-state index contributed by atoms with van der Waals surface area (Å²) in [4.78, 5) is 11.0. The zero-order chi connectivity index (χ0) is 22.2. The molecule has 5 rings (SSSR count). The van der Waals surface area contributed by atoms with Crippen molar-refractivity contribution in [3.8, 4) is 17.2 Å². The highest BCUT2D eigenvalue weighted by molar-refractivity contribution is 6.02. The first-order chi connectivity index (χ1) is 15.6. The molecule has 3 aromatic rings. The van der Waals surface area contributed by atoms with Gasteiger partial charge in [0.15, 0.2) is 11.5 Å². The lowest BCUT2D eigenvalue weighted by molar-refractivity contribution is -0.385. The summed E-state index contributed by atoms with van der Waals surface area (Å²) in [7, 11) is 3.19. The largest absolute Gasteiger partial charge is 0.493 e. The van der Waals surface area contributed by atoms with Crippen LogP contribution in [-0.2, 0) is 0 Å². The van der Waals surface area contributed by atoms with E-state index in [1.165, 1.54) is 6.07 Å². The standard InChI is InChI=1S/C24H21N3O5/c1-30-22-10-8-16(12-23(22)31-2)19-14-20-18-13-17(27(28)29)9-11-21(18)32-24(26(20)25-19)15-6-4-3-5-7-15/h3-13,20,24H,14H2,1-2H3/t20-,24-/m1/s1. The Labute approximate surface area is 184 Å². The molecule has 0 amide bonds. The Hall–Kier alpha value is -4.07. The van der Waals surface area contributed by atoms with E-state index in [4.69, 9.17) is 19.3 Å². The molecule has 0 unspecified atom stereocenters. The van der Waals surface area contributed by atoms with Crippen LogP contribution in [0, 0.1) is 10.1 Å². The van der Waals surface area contributed by atoms with Gasteiger partial charge in [0.1, 0.15) is 5.75 Å². The number of hydrazone groups is 1. The van der Waals surface area contributed by atoms with Crippen molar-refractivity contribution in [1.29, 1.82) is 0 Å². The summed E-state index contributed by atoms with van der Waals surface area (Å²) >= 11 is 0. The van der Waals surface area contributed by atoms with Crippen molar-refractivity contribution < 1.29 is 19.1 Å². The molecular weight excluding hydrogens is 410 g/mol. The van der Waals surface area contributed by atoms with Gasteiger partial charge in [-0.2, -0.15) is 5.10 Å². The van der Waals surface area contributed by atoms with Crippen LogP contribution in [0.4, 0.5) is 5.69 Å². The van der Waals surface area contributed by atoms with E-state index in [1.807, 2.05) is 53.5 Å². The summed E-state index contributed by atoms with van der Waals surface area (Å²) in [5, 5.41) is 18.2. The molecule has 8 nitrogen and oxygen atoms in total. The Kier molecular flexibility index (Phi) is 4.89. The summed E-state index contributed by atoms with van der Waals surface area (Å²) in [5.74, 6) is 1.89. The van der Waals surface area contributed by atoms with Gasteiger partial charge in [-0.3, -0.25) is 10.1 Å². The van der Waals surface area contributed by atoms with Crippen LogP contribution in [0.3, 0.4) is 0 Å². The van der Waals surface area contributed by atoms with Crippen molar-refractivity contribution in [2.75, 3.05) is 14.2 Å². The van der Waals surface area contributed by atoms with Crippen LogP contribution >= 0.6 is 0 Å². The number of nitrogens with zero attached hydrogens (tertiary/aromatic N) is 3. The second-order valence-corrected chi connectivity index (χ2v) is 7.58. The van der Waals surface area contributed by atoms with Gasteiger partial charge in [-0.05, 0) is 24.3 Å². The Bertz CT molecular complexity index is 1210. The maximum Gasteiger partial charge on any atom is 0.270 e. The van der Waals surface area contributed by atoms with Crippen molar-refractivity contribution in [2.45, 2.75) is 18.7 Å². The predicted molar refractivity (Wildman–Crippen MR) is 118 cm³/mol. The van der Waals surface area contributed by atoms with Gasteiger partial charge in [-0.25, -0.2) is 5.01 Å². The van der Waals surface area contributed by atoms with Gasteiger partial charge in [0.25, 0.3) is 5.69 Å². The summed E-state index contributed by atoms with van der Waals surface area (Å²) < 4.78 is 17.1. The monoisotopic (exact) mass is 431 g/mol. The van der Waals surface area contributed by atoms with Gasteiger partial charge in [-0.15, -0.1) is 0 Å². The molecule has 2 heterocycles. The molecule has 32 heavy (non-hydrogen) atoms. The van der Waals surface area contributed by atoms with Crippen molar-refractivity contribution in [1.82, 2.24) is 5.01 Å². The summed E-state index contributed by atoms with van der Waals surface area (Å²) in [6.07, 6.45) is 0.142. The van der Waals surface area contributed by atoms with Gasteiger partial charge in [-0.1, -0.05) is 30.3 Å². The number of fused-ring (bicyclic) bond motifs is 3. The number of nitro groups is 1. The molecule has 3 aromatic carbocycles. The third-order valence-corrected chi connectivity index (χ3v) is 5.79. The van der Waals surface area contributed by atoms with E-state index < -0.39 is 6.23 Å². The van der Waals surface area contributed by atoms with Gasteiger partial charge in [0.05, 0.1) is 30.9 Å². The Morgan fingerprint density at radius 3 is 2.53 bits per heavy atom. The molecule has 0 saturated heterocycles. The van der Waals surface area contributed by atoms with Gasteiger partial charge in [0.2, 0.25) is 6.23 Å². The second kappa shape index (κ2) is 7.88. The van der Waals surface area contributed by atoms with E-state index in [9.17, 15) is 10.1 Å². The van der Waals surface area contributed by atoms with Gasteiger partial charge in [0, 0.05) is 35.2 Å². The molecule has 2 aliphatic heterocycles. The van der Waals surface area contributed by atoms with Gasteiger partial charge >= 0.3 is 0 Å². The molecular formula is C24H21N3O5. The van der Waals surface area contributed by atoms with Crippen LogP contribution < -0.4 is 14.2 Å². The summed E-state index contributed by atoms with van der Waals surface area (Å²) in [6, 6.07) is 20.0. The van der Waals surface area contributed by atoms with Crippen molar-refractivity contribution >= 4 is 11.4 Å². The van der Waals surface area contributed by atoms with E-state index in [0.29, 0.717) is 23.7 Å². The summed E-state index contributed by atoms with van der Waals surface area (Å²) in [5.41, 5.74) is 3.49. The van der Waals surface area contributed by atoms with Crippen molar-refractivity contribution in [2.24, 2.45) is 5.10 Å². The number of benzene rings is 3. The molecule has 2 atom stereocenters. The quantitative estimate of drug-likeness (QED) is 0.424. The van der Waals surface area contributed by atoms with E-state index in [1.54, 1.807) is 26.4 Å². The number of hydrogen-bond donors (Lipinski definition) is 0. The maximum atomic E-state index is 11.4. The first-order valence-electron chi connectivity index (χ1n) is 10.2. The third-order valence-electron chi connectivity index (χ3n) is 5.79. The molecule has 0 aromatic heterocycles. The molecule has 0 spiro atoms. The van der Waals surface area contributed by atoms with E-state index >= 15 is 0 Å². The lowest BCUT2D eigenvalue weighted by Crippen LogP contribution is -2.33. The molecule has 162 valence electrons. The van der Waals surface area contributed by atoms with E-state index in [-0.39, 0.29) is 16.7 Å². The molecule has 0 saturated carbocycles. The SMILES string of the molecule is COc1ccc(C2=NN3[C@H](C2)c2cc([N+](=O)[O-])ccc2O[C@@H]3c2ccccc2)cc1OC. The molecule has 0 fully saturated rings. The minimum absolute atomic E-state index is 0.0324. The number of nitro benzene ring substituents is 1. The minimum atomic E-state index is -0.437. The number of methoxy groups -OCH3 is 2. The van der Waals surface area contributed by atoms with Crippen molar-refractivity contribution in [3.05, 3.63) is 93.5 Å². The zero-order valence-corrected chi connectivity index (χ0v) is 17.6. The fraction of sp³-hybridized carbons (Fsp3) is 0.208. The fourth-order valence-electron chi connectivity index (χ4n) is 4.22. The predicted octanol–water partition coefficient (Wildman–Crippen LogP) is 4.85. The molecule has 0 radical (unpaired) electrons. The highest BCUT2D eigenvalue weighted by Gasteiger charge is 2.41. The number of ether oxygens (including phenoxy) is 3. The third kappa shape index (κ3) is 3.30. The normalized spacial score (nSPS) is 18.8. The Morgan fingerprint density at radius 1 is 1.03 bits per heavy atom. The molecule has 2 aliphatic rings. The van der Waals surface area contributed by atoms with Crippen LogP contribution in [0.5, 0.6) is 17.2 Å². The molecule has 0 N–H and O–H groups in total. The van der Waals surface area contributed by atoms with Crippen LogP contribution in [-0.4, -0.2) is 29.9 Å². The van der Waals surface area contributed by atoms with Crippen LogP contribution in [0.25, 0.3) is 0 Å². The van der Waals surface area contributed by atoms with Crippen LogP contribution in [0.1, 0.15) is 35.4 Å². The Balaban J connectivity index is 1.59. The average Bonchev–Trinajstić information content (AvgIpc) is 3.29. The maximum absolute atomic E-state index is 11.4. The van der Waals surface area contributed by atoms with E-state index in [2.05, 4.69) is 0 Å². The second-order valence-electron chi connectivity index (χ2n) is 7.58. The van der Waals surface area contributed by atoms with E-state index in [0.717, 1.165) is 22.4 Å². The van der Waals surface area contributed by atoms with Crippen LogP contribution in [0.15, 0.2) is 71.8 Å². The highest BCUT2D eigenvalue weighted by atomic mass is 16.6. The molecule has 0 bridgehead atoms. The number of non-ortho nitro benzene ring substituents is 1. The molecule has 8 heteroatoms. The van der Waals surface area contributed by atoms with Crippen molar-refractivity contribution in [3.63, 3.8) is 0 Å². The lowest BCUT2D eigenvalue weighted by atomic mass is 9.95. The number of rotatable bonds is 5. The molecule has 0 aliphatic carbocycles. The smallest absolute Gasteiger partial charge is 0.270 e. The number of hydrogen-bond acceptors (Lipinski definition) is 7. The fourth-order valence-corrected chi connectivity index (χ4v) is 4.22. The average molecular weight is 431 g/mol. The summed E-state index contributed by atoms with van der Waals surface area (Å²) in [6.45, 7) is 0. The van der Waals surface area contributed by atoms with Gasteiger partial charge < -0.3 is 14.2 Å². The lowest BCUT2D eigenvalue weighted by Gasteiger charge is -2.38. The minimum Gasteiger partial charge on any atom is -0.493 e. The first-order valence-corrected chi connectivity index (χ1v) is 10.2. The highest BCUT2D eigenvalue weighted by Crippen LogP contribution is 2.48. The zero-order valence-electron chi connectivity index (χ0n) is 17.6. The van der Waals surface area contributed by atoms with Crippen LogP contribution in [0.2, 0.25) is 0 Å².